The number of anilines is 1. The van der Waals surface area contributed by atoms with Crippen LogP contribution in [-0.4, -0.2) is 15.4 Å². The molecular formula is C15H13ClN4O2. The lowest BCUT2D eigenvalue weighted by Gasteiger charge is -1.97. The molecule has 2 aromatic heterocycles. The molecule has 0 spiro atoms. The third-order valence-electron chi connectivity index (χ3n) is 3.49. The zero-order valence-corrected chi connectivity index (χ0v) is 12.4. The van der Waals surface area contributed by atoms with Gasteiger partial charge in [0.15, 0.2) is 5.76 Å². The summed E-state index contributed by atoms with van der Waals surface area (Å²) in [6.45, 7) is 0.420. The fraction of sp³-hybridized carbons (Fsp3) is 0.267. The van der Waals surface area contributed by atoms with Gasteiger partial charge in [-0.25, -0.2) is 0 Å². The van der Waals surface area contributed by atoms with Crippen LogP contribution in [0.5, 0.6) is 0 Å². The number of aromatic nitrogens is 3. The second kappa shape index (κ2) is 5.46. The maximum Gasteiger partial charge on any atom is 0.315 e. The third-order valence-corrected chi connectivity index (χ3v) is 3.82. The summed E-state index contributed by atoms with van der Waals surface area (Å²) in [6, 6.07) is 9.75. The van der Waals surface area contributed by atoms with Crippen molar-refractivity contribution in [3.8, 4) is 11.3 Å². The molecule has 4 rings (SSSR count). The van der Waals surface area contributed by atoms with E-state index in [9.17, 15) is 0 Å². The van der Waals surface area contributed by atoms with Gasteiger partial charge in [-0.05, 0) is 18.9 Å². The van der Waals surface area contributed by atoms with Gasteiger partial charge in [0.25, 0.3) is 0 Å². The molecule has 2 heterocycles. The first-order chi connectivity index (χ1) is 10.8. The summed E-state index contributed by atoms with van der Waals surface area (Å²) < 4.78 is 10.8. The van der Waals surface area contributed by atoms with Gasteiger partial charge in [0.05, 0.1) is 11.6 Å². The van der Waals surface area contributed by atoms with Crippen LogP contribution in [0.1, 0.15) is 30.4 Å². The maximum atomic E-state index is 6.15. The van der Waals surface area contributed by atoms with Crippen LogP contribution in [0.4, 0.5) is 6.01 Å². The van der Waals surface area contributed by atoms with Crippen LogP contribution in [0.15, 0.2) is 39.3 Å². The van der Waals surface area contributed by atoms with Crippen molar-refractivity contribution in [3.05, 3.63) is 47.0 Å². The summed E-state index contributed by atoms with van der Waals surface area (Å²) in [4.78, 5) is 0. The Bertz CT molecular complexity index is 794. The van der Waals surface area contributed by atoms with Gasteiger partial charge in [-0.15, -0.1) is 5.10 Å². The van der Waals surface area contributed by atoms with Gasteiger partial charge in [-0.2, -0.15) is 0 Å². The Morgan fingerprint density at radius 1 is 1.23 bits per heavy atom. The second-order valence-electron chi connectivity index (χ2n) is 5.23. The average Bonchev–Trinajstić information content (AvgIpc) is 3.09. The van der Waals surface area contributed by atoms with Crippen molar-refractivity contribution in [2.45, 2.75) is 25.3 Å². The summed E-state index contributed by atoms with van der Waals surface area (Å²) in [6.07, 6.45) is 2.26. The molecule has 1 saturated carbocycles. The molecule has 0 saturated heterocycles. The highest BCUT2D eigenvalue weighted by molar-refractivity contribution is 6.33. The number of benzene rings is 1. The Morgan fingerprint density at radius 2 is 2.09 bits per heavy atom. The van der Waals surface area contributed by atoms with Crippen molar-refractivity contribution < 1.29 is 8.94 Å². The Kier molecular flexibility index (Phi) is 3.31. The van der Waals surface area contributed by atoms with Crippen LogP contribution < -0.4 is 5.32 Å². The molecule has 0 aliphatic heterocycles. The Morgan fingerprint density at radius 3 is 2.91 bits per heavy atom. The van der Waals surface area contributed by atoms with Crippen LogP contribution >= 0.6 is 11.6 Å². The highest BCUT2D eigenvalue weighted by Crippen LogP contribution is 2.39. The van der Waals surface area contributed by atoms with Crippen LogP contribution in [0, 0.1) is 0 Å². The van der Waals surface area contributed by atoms with Gasteiger partial charge in [0.1, 0.15) is 5.69 Å². The van der Waals surface area contributed by atoms with Gasteiger partial charge < -0.3 is 14.3 Å². The molecule has 7 heteroatoms. The summed E-state index contributed by atoms with van der Waals surface area (Å²) >= 11 is 6.15. The minimum atomic E-state index is 0.401. The molecule has 1 fully saturated rings. The normalized spacial score (nSPS) is 14.2. The first kappa shape index (κ1) is 13.3. The standard InChI is InChI=1S/C15H13ClN4O2/c16-12-4-2-1-3-11(12)13-7-10(22-20-13)8-17-15-19-18-14(21-15)9-5-6-9/h1-4,7,9H,5-6,8H2,(H,17,19). The molecule has 1 aliphatic carbocycles. The van der Waals surface area contributed by atoms with E-state index in [4.69, 9.17) is 20.5 Å². The zero-order chi connectivity index (χ0) is 14.9. The fourth-order valence-corrected chi connectivity index (χ4v) is 2.39. The van der Waals surface area contributed by atoms with Crippen molar-refractivity contribution >= 4 is 17.6 Å². The molecule has 3 aromatic rings. The number of nitrogens with one attached hydrogen (secondary N) is 1. The molecule has 22 heavy (non-hydrogen) atoms. The molecule has 1 aromatic carbocycles. The van der Waals surface area contributed by atoms with E-state index in [0.717, 1.165) is 18.4 Å². The highest BCUT2D eigenvalue weighted by atomic mass is 35.5. The van der Waals surface area contributed by atoms with Crippen LogP contribution in [0.25, 0.3) is 11.3 Å². The summed E-state index contributed by atoms with van der Waals surface area (Å²) in [5.41, 5.74) is 1.54. The summed E-state index contributed by atoms with van der Waals surface area (Å²) in [5.74, 6) is 1.82. The van der Waals surface area contributed by atoms with E-state index in [-0.39, 0.29) is 0 Å². The van der Waals surface area contributed by atoms with E-state index in [0.29, 0.717) is 40.8 Å². The van der Waals surface area contributed by atoms with Crippen LogP contribution in [0.3, 0.4) is 0 Å². The predicted molar refractivity (Wildman–Crippen MR) is 80.5 cm³/mol. The van der Waals surface area contributed by atoms with Crippen molar-refractivity contribution in [1.82, 2.24) is 15.4 Å². The van der Waals surface area contributed by atoms with Gasteiger partial charge in [-0.3, -0.25) is 0 Å². The minimum Gasteiger partial charge on any atom is -0.408 e. The molecule has 1 aliphatic rings. The minimum absolute atomic E-state index is 0.401. The van der Waals surface area contributed by atoms with Gasteiger partial charge in [0, 0.05) is 17.5 Å². The predicted octanol–water partition coefficient (Wildman–Crippen LogP) is 3.87. The Balaban J connectivity index is 1.44. The summed E-state index contributed by atoms with van der Waals surface area (Å²) in [7, 11) is 0. The lowest BCUT2D eigenvalue weighted by Crippen LogP contribution is -1.98. The van der Waals surface area contributed by atoms with Crippen molar-refractivity contribution in [2.75, 3.05) is 5.32 Å². The number of rotatable bonds is 5. The van der Waals surface area contributed by atoms with Crippen molar-refractivity contribution in [3.63, 3.8) is 0 Å². The lowest BCUT2D eigenvalue weighted by atomic mass is 10.1. The molecule has 0 atom stereocenters. The van der Waals surface area contributed by atoms with Gasteiger partial charge in [0.2, 0.25) is 5.89 Å². The topological polar surface area (TPSA) is 77.0 Å². The quantitative estimate of drug-likeness (QED) is 0.770. The smallest absolute Gasteiger partial charge is 0.315 e. The molecule has 0 unspecified atom stereocenters. The largest absolute Gasteiger partial charge is 0.408 e. The first-order valence-corrected chi connectivity index (χ1v) is 7.45. The van der Waals surface area contributed by atoms with E-state index in [2.05, 4.69) is 20.7 Å². The van der Waals surface area contributed by atoms with Crippen LogP contribution in [-0.2, 0) is 6.54 Å². The van der Waals surface area contributed by atoms with E-state index < -0.39 is 0 Å². The Hall–Kier alpha value is -2.34. The molecule has 112 valence electrons. The first-order valence-electron chi connectivity index (χ1n) is 7.07. The van der Waals surface area contributed by atoms with E-state index in [1.54, 1.807) is 0 Å². The van der Waals surface area contributed by atoms with E-state index >= 15 is 0 Å². The highest BCUT2D eigenvalue weighted by Gasteiger charge is 2.29. The SMILES string of the molecule is Clc1ccccc1-c1cc(CNc2nnc(C3CC3)o2)on1. The van der Waals surface area contributed by atoms with E-state index in [1.807, 2.05) is 30.3 Å². The number of hydrogen-bond donors (Lipinski definition) is 1. The zero-order valence-electron chi connectivity index (χ0n) is 11.6. The molecular weight excluding hydrogens is 304 g/mol. The van der Waals surface area contributed by atoms with Crippen molar-refractivity contribution in [1.29, 1.82) is 0 Å². The average molecular weight is 317 g/mol. The maximum absolute atomic E-state index is 6.15. The fourth-order valence-electron chi connectivity index (χ4n) is 2.16. The third kappa shape index (κ3) is 2.69. The lowest BCUT2D eigenvalue weighted by molar-refractivity contribution is 0.388. The molecule has 6 nitrogen and oxygen atoms in total. The molecule has 0 amide bonds. The van der Waals surface area contributed by atoms with Crippen LogP contribution in [0.2, 0.25) is 5.02 Å². The number of nitrogens with zero attached hydrogens (tertiary/aromatic N) is 3. The number of halogens is 1. The Labute approximate surface area is 131 Å². The second-order valence-corrected chi connectivity index (χ2v) is 5.64. The van der Waals surface area contributed by atoms with Gasteiger partial charge in [-0.1, -0.05) is 40.1 Å². The van der Waals surface area contributed by atoms with Gasteiger partial charge >= 0.3 is 6.01 Å². The molecule has 1 N–H and O–H groups in total. The summed E-state index contributed by atoms with van der Waals surface area (Å²) in [5, 5.41) is 15.7. The molecule has 0 bridgehead atoms. The number of hydrogen-bond acceptors (Lipinski definition) is 6. The monoisotopic (exact) mass is 316 g/mol. The van der Waals surface area contributed by atoms with E-state index in [1.165, 1.54) is 0 Å². The molecule has 0 radical (unpaired) electrons. The van der Waals surface area contributed by atoms with Crippen molar-refractivity contribution in [2.24, 2.45) is 0 Å².